The van der Waals surface area contributed by atoms with Crippen molar-refractivity contribution < 1.29 is 13.9 Å². The van der Waals surface area contributed by atoms with Crippen LogP contribution in [0.1, 0.15) is 28.9 Å². The topological polar surface area (TPSA) is 79.4 Å². The maximum atomic E-state index is 13.1. The molecule has 3 aromatic carbocycles. The lowest BCUT2D eigenvalue weighted by Crippen LogP contribution is -2.21. The number of halogens is 1. The average Bonchev–Trinajstić information content (AvgIpc) is 3.42. The minimum absolute atomic E-state index is 0.262. The van der Waals surface area contributed by atoms with Gasteiger partial charge in [-0.15, -0.1) is 0 Å². The lowest BCUT2D eigenvalue weighted by molar-refractivity contribution is 0.102. The molecule has 1 aliphatic heterocycles. The maximum absolute atomic E-state index is 13.1. The summed E-state index contributed by atoms with van der Waals surface area (Å²) in [5, 5.41) is 6.22. The van der Waals surface area contributed by atoms with Gasteiger partial charge in [-0.3, -0.25) is 4.79 Å². The standard InChI is InChI=1S/C28H26FN5O2/c1-19-17-26(33-28(30-19)34-15-2-3-16-34)31-22-9-11-23(12-10-22)32-27(35)20-5-4-6-25(18-20)36-24-13-7-21(29)8-14-24/h4-14,17-18H,2-3,15-16H2,1H3,(H,32,35)(H,30,31,33). The van der Waals surface area contributed by atoms with Crippen LogP contribution in [0, 0.1) is 12.7 Å². The summed E-state index contributed by atoms with van der Waals surface area (Å²) in [4.78, 5) is 24.2. The van der Waals surface area contributed by atoms with Crippen molar-refractivity contribution in [3.8, 4) is 11.5 Å². The van der Waals surface area contributed by atoms with Crippen LogP contribution in [0.4, 0.5) is 27.5 Å². The second-order valence-electron chi connectivity index (χ2n) is 8.63. The molecule has 0 radical (unpaired) electrons. The molecule has 0 spiro atoms. The summed E-state index contributed by atoms with van der Waals surface area (Å²) in [5.74, 6) is 1.87. The summed E-state index contributed by atoms with van der Waals surface area (Å²) < 4.78 is 18.8. The van der Waals surface area contributed by atoms with Crippen molar-refractivity contribution in [1.82, 2.24) is 9.97 Å². The Morgan fingerprint density at radius 3 is 2.36 bits per heavy atom. The van der Waals surface area contributed by atoms with Gasteiger partial charge in [0.25, 0.3) is 5.91 Å². The van der Waals surface area contributed by atoms with E-state index >= 15 is 0 Å². The van der Waals surface area contributed by atoms with Crippen LogP contribution in [0.15, 0.2) is 78.9 Å². The number of hydrogen-bond acceptors (Lipinski definition) is 6. The van der Waals surface area contributed by atoms with Crippen LogP contribution in [-0.2, 0) is 0 Å². The molecule has 0 bridgehead atoms. The van der Waals surface area contributed by atoms with E-state index in [0.29, 0.717) is 22.7 Å². The predicted octanol–water partition coefficient (Wildman–Crippen LogP) is 6.31. The molecule has 36 heavy (non-hydrogen) atoms. The van der Waals surface area contributed by atoms with Gasteiger partial charge < -0.3 is 20.3 Å². The van der Waals surface area contributed by atoms with Crippen molar-refractivity contribution in [2.45, 2.75) is 19.8 Å². The molecule has 0 aliphatic carbocycles. The number of hydrogen-bond donors (Lipinski definition) is 2. The Hall–Kier alpha value is -4.46. The molecule has 5 rings (SSSR count). The highest BCUT2D eigenvalue weighted by atomic mass is 19.1. The third kappa shape index (κ3) is 5.78. The number of amides is 1. The number of carbonyl (C=O) groups is 1. The first-order chi connectivity index (χ1) is 17.5. The Kier molecular flexibility index (Phi) is 6.75. The van der Waals surface area contributed by atoms with Crippen molar-refractivity contribution in [3.63, 3.8) is 0 Å². The van der Waals surface area contributed by atoms with Crippen LogP contribution in [-0.4, -0.2) is 29.0 Å². The third-order valence-corrected chi connectivity index (χ3v) is 5.79. The minimum Gasteiger partial charge on any atom is -0.457 e. The second-order valence-corrected chi connectivity index (χ2v) is 8.63. The Morgan fingerprint density at radius 1 is 0.889 bits per heavy atom. The molecular formula is C28H26FN5O2. The lowest BCUT2D eigenvalue weighted by Gasteiger charge is -2.17. The fourth-order valence-electron chi connectivity index (χ4n) is 4.00. The lowest BCUT2D eigenvalue weighted by atomic mass is 10.2. The SMILES string of the molecule is Cc1cc(Nc2ccc(NC(=O)c3cccc(Oc4ccc(F)cc4)c3)cc2)nc(N2CCCC2)n1. The molecule has 4 aromatic rings. The first-order valence-electron chi connectivity index (χ1n) is 11.8. The summed E-state index contributed by atoms with van der Waals surface area (Å²) in [7, 11) is 0. The summed E-state index contributed by atoms with van der Waals surface area (Å²) >= 11 is 0. The fraction of sp³-hybridized carbons (Fsp3) is 0.179. The van der Waals surface area contributed by atoms with Gasteiger partial charge in [0.1, 0.15) is 23.1 Å². The number of ether oxygens (including phenoxy) is 1. The Morgan fingerprint density at radius 2 is 1.61 bits per heavy atom. The largest absolute Gasteiger partial charge is 0.457 e. The maximum Gasteiger partial charge on any atom is 0.255 e. The van der Waals surface area contributed by atoms with E-state index < -0.39 is 0 Å². The van der Waals surface area contributed by atoms with Crippen molar-refractivity contribution in [2.75, 3.05) is 28.6 Å². The predicted molar refractivity (Wildman–Crippen MR) is 139 cm³/mol. The quantitative estimate of drug-likeness (QED) is 0.321. The summed E-state index contributed by atoms with van der Waals surface area (Å²) in [6.45, 7) is 3.93. The molecular weight excluding hydrogens is 457 g/mol. The van der Waals surface area contributed by atoms with E-state index in [2.05, 4.69) is 25.5 Å². The van der Waals surface area contributed by atoms with E-state index in [4.69, 9.17) is 4.74 Å². The highest BCUT2D eigenvalue weighted by molar-refractivity contribution is 6.04. The average molecular weight is 484 g/mol. The molecule has 0 atom stereocenters. The zero-order valence-electron chi connectivity index (χ0n) is 19.9. The molecule has 2 heterocycles. The van der Waals surface area contributed by atoms with Crippen molar-refractivity contribution in [1.29, 1.82) is 0 Å². The fourth-order valence-corrected chi connectivity index (χ4v) is 4.00. The first kappa shape index (κ1) is 23.3. The van der Waals surface area contributed by atoms with Crippen LogP contribution in [0.25, 0.3) is 0 Å². The molecule has 2 N–H and O–H groups in total. The van der Waals surface area contributed by atoms with Gasteiger partial charge in [0.15, 0.2) is 0 Å². The van der Waals surface area contributed by atoms with Gasteiger partial charge in [-0.05, 0) is 86.5 Å². The molecule has 1 saturated heterocycles. The number of nitrogens with zero attached hydrogens (tertiary/aromatic N) is 3. The van der Waals surface area contributed by atoms with Crippen LogP contribution in [0.2, 0.25) is 0 Å². The number of nitrogens with one attached hydrogen (secondary N) is 2. The number of carbonyl (C=O) groups excluding carboxylic acids is 1. The van der Waals surface area contributed by atoms with E-state index in [9.17, 15) is 9.18 Å². The zero-order chi connectivity index (χ0) is 24.9. The van der Waals surface area contributed by atoms with E-state index in [1.54, 1.807) is 24.3 Å². The normalized spacial score (nSPS) is 12.9. The number of rotatable bonds is 7. The summed E-state index contributed by atoms with van der Waals surface area (Å²) in [6.07, 6.45) is 2.33. The minimum atomic E-state index is -0.337. The summed E-state index contributed by atoms with van der Waals surface area (Å²) in [5.41, 5.74) is 2.87. The zero-order valence-corrected chi connectivity index (χ0v) is 19.9. The number of aromatic nitrogens is 2. The van der Waals surface area contributed by atoms with Crippen LogP contribution in [0.5, 0.6) is 11.5 Å². The van der Waals surface area contributed by atoms with Gasteiger partial charge in [0.05, 0.1) is 0 Å². The van der Waals surface area contributed by atoms with Gasteiger partial charge in [0.2, 0.25) is 5.95 Å². The Bertz CT molecular complexity index is 1350. The number of anilines is 4. The Balaban J connectivity index is 1.22. The molecule has 1 aromatic heterocycles. The van der Waals surface area contributed by atoms with Gasteiger partial charge in [-0.25, -0.2) is 9.37 Å². The van der Waals surface area contributed by atoms with Gasteiger partial charge in [0, 0.05) is 41.8 Å². The monoisotopic (exact) mass is 483 g/mol. The molecule has 1 aliphatic rings. The third-order valence-electron chi connectivity index (χ3n) is 5.79. The van der Waals surface area contributed by atoms with Gasteiger partial charge >= 0.3 is 0 Å². The van der Waals surface area contributed by atoms with Crippen molar-refractivity contribution in [2.24, 2.45) is 0 Å². The van der Waals surface area contributed by atoms with Crippen molar-refractivity contribution >= 4 is 29.0 Å². The van der Waals surface area contributed by atoms with Crippen LogP contribution >= 0.6 is 0 Å². The van der Waals surface area contributed by atoms with E-state index in [1.807, 2.05) is 37.3 Å². The Labute approximate surface area is 209 Å². The molecule has 0 unspecified atom stereocenters. The molecule has 8 heteroatoms. The highest BCUT2D eigenvalue weighted by Gasteiger charge is 2.16. The molecule has 0 saturated carbocycles. The highest BCUT2D eigenvalue weighted by Crippen LogP contribution is 2.24. The molecule has 1 fully saturated rings. The molecule has 1 amide bonds. The van der Waals surface area contributed by atoms with Crippen LogP contribution in [0.3, 0.4) is 0 Å². The van der Waals surface area contributed by atoms with E-state index in [0.717, 1.165) is 36.2 Å². The second kappa shape index (κ2) is 10.4. The number of benzene rings is 3. The van der Waals surface area contributed by atoms with Gasteiger partial charge in [-0.1, -0.05) is 6.07 Å². The first-order valence-corrected chi connectivity index (χ1v) is 11.8. The van der Waals surface area contributed by atoms with E-state index in [-0.39, 0.29) is 11.7 Å². The van der Waals surface area contributed by atoms with E-state index in [1.165, 1.54) is 37.1 Å². The molecule has 182 valence electrons. The number of aryl methyl sites for hydroxylation is 1. The smallest absolute Gasteiger partial charge is 0.255 e. The molecule has 7 nitrogen and oxygen atoms in total. The van der Waals surface area contributed by atoms with Crippen LogP contribution < -0.4 is 20.3 Å². The van der Waals surface area contributed by atoms with Crippen molar-refractivity contribution in [3.05, 3.63) is 95.9 Å². The van der Waals surface area contributed by atoms with Gasteiger partial charge in [-0.2, -0.15) is 4.98 Å². The summed E-state index contributed by atoms with van der Waals surface area (Å²) in [6, 6.07) is 21.9.